The molecular formula is C20H26N6O2S2. The van der Waals surface area contributed by atoms with E-state index in [0.29, 0.717) is 35.0 Å². The molecule has 2 unspecified atom stereocenters. The van der Waals surface area contributed by atoms with Gasteiger partial charge in [0.15, 0.2) is 11.6 Å². The lowest BCUT2D eigenvalue weighted by Crippen LogP contribution is -2.18. The van der Waals surface area contributed by atoms with Crippen molar-refractivity contribution in [1.29, 1.82) is 0 Å². The number of rotatable bonds is 8. The van der Waals surface area contributed by atoms with Crippen LogP contribution in [-0.4, -0.2) is 56.2 Å². The van der Waals surface area contributed by atoms with Gasteiger partial charge in [-0.3, -0.25) is 9.59 Å². The fourth-order valence-electron chi connectivity index (χ4n) is 3.60. The van der Waals surface area contributed by atoms with Gasteiger partial charge in [0.2, 0.25) is 11.8 Å². The Kier molecular flexibility index (Phi) is 8.44. The predicted molar refractivity (Wildman–Crippen MR) is 122 cm³/mol. The highest BCUT2D eigenvalue weighted by Crippen LogP contribution is 2.40. The standard InChI is InChI=1S/C20H26N6O2S2/c1-29-11-19(27)21-17-8-6-15(23-25-17)13-4-3-5-14(10-13)16-7-9-18(26-24-16)22-20(28)12-30-2/h6-9,13-14H,3-5,10-12H2,1-2H3,(H,21,25,27)(H,22,26,28). The van der Waals surface area contributed by atoms with Crippen molar-refractivity contribution in [2.75, 3.05) is 34.7 Å². The summed E-state index contributed by atoms with van der Waals surface area (Å²) in [6, 6.07) is 7.53. The number of thioether (sulfide) groups is 2. The molecular weight excluding hydrogens is 420 g/mol. The van der Waals surface area contributed by atoms with Gasteiger partial charge in [0, 0.05) is 11.8 Å². The highest BCUT2D eigenvalue weighted by Gasteiger charge is 2.26. The first kappa shape index (κ1) is 22.5. The van der Waals surface area contributed by atoms with E-state index in [-0.39, 0.29) is 11.8 Å². The molecule has 2 atom stereocenters. The second kappa shape index (κ2) is 11.3. The zero-order chi connectivity index (χ0) is 21.3. The summed E-state index contributed by atoms with van der Waals surface area (Å²) < 4.78 is 0. The largest absolute Gasteiger partial charge is 0.308 e. The minimum Gasteiger partial charge on any atom is -0.308 e. The molecule has 0 spiro atoms. The Bertz CT molecular complexity index is 778. The molecule has 160 valence electrons. The van der Waals surface area contributed by atoms with E-state index < -0.39 is 0 Å². The molecule has 3 rings (SSSR count). The third-order valence-electron chi connectivity index (χ3n) is 4.97. The van der Waals surface area contributed by atoms with E-state index in [4.69, 9.17) is 0 Å². The molecule has 1 saturated carbocycles. The zero-order valence-electron chi connectivity index (χ0n) is 17.1. The average molecular weight is 447 g/mol. The monoisotopic (exact) mass is 446 g/mol. The molecule has 0 bridgehead atoms. The van der Waals surface area contributed by atoms with Crippen LogP contribution >= 0.6 is 23.5 Å². The smallest absolute Gasteiger partial charge is 0.235 e. The fraction of sp³-hybridized carbons (Fsp3) is 0.500. The molecule has 1 aliphatic rings. The summed E-state index contributed by atoms with van der Waals surface area (Å²) >= 11 is 2.93. The molecule has 2 aromatic heterocycles. The lowest BCUT2D eigenvalue weighted by molar-refractivity contribution is -0.114. The maximum atomic E-state index is 11.7. The van der Waals surface area contributed by atoms with Crippen LogP contribution in [0.15, 0.2) is 24.3 Å². The second-order valence-corrected chi connectivity index (χ2v) is 8.94. The van der Waals surface area contributed by atoms with Crippen LogP contribution in [-0.2, 0) is 9.59 Å². The summed E-state index contributed by atoms with van der Waals surface area (Å²) in [4.78, 5) is 23.4. The SMILES string of the molecule is CSCC(=O)Nc1ccc(C2CCCC(c3ccc(NC(=O)CSC)nn3)C2)nn1. The minimum absolute atomic E-state index is 0.0751. The maximum absolute atomic E-state index is 11.7. The predicted octanol–water partition coefficient (Wildman–Crippen LogP) is 3.31. The number of amides is 2. The van der Waals surface area contributed by atoms with Gasteiger partial charge in [-0.15, -0.1) is 10.2 Å². The Hall–Kier alpha value is -2.20. The Morgan fingerprint density at radius 2 is 1.30 bits per heavy atom. The molecule has 0 saturated heterocycles. The van der Waals surface area contributed by atoms with Gasteiger partial charge in [-0.1, -0.05) is 6.42 Å². The number of hydrogen-bond donors (Lipinski definition) is 2. The lowest BCUT2D eigenvalue weighted by Gasteiger charge is -2.28. The first-order valence-electron chi connectivity index (χ1n) is 9.84. The summed E-state index contributed by atoms with van der Waals surface area (Å²) in [5.74, 6) is 2.21. The van der Waals surface area contributed by atoms with Gasteiger partial charge in [-0.25, -0.2) is 0 Å². The van der Waals surface area contributed by atoms with Crippen molar-refractivity contribution in [3.63, 3.8) is 0 Å². The summed E-state index contributed by atoms with van der Waals surface area (Å²) in [5.41, 5.74) is 1.88. The average Bonchev–Trinajstić information content (AvgIpc) is 2.75. The second-order valence-electron chi connectivity index (χ2n) is 7.21. The highest BCUT2D eigenvalue weighted by atomic mass is 32.2. The van der Waals surface area contributed by atoms with Gasteiger partial charge in [0.25, 0.3) is 0 Å². The van der Waals surface area contributed by atoms with Crippen LogP contribution in [0.25, 0.3) is 0 Å². The van der Waals surface area contributed by atoms with Crippen molar-refractivity contribution in [2.24, 2.45) is 0 Å². The van der Waals surface area contributed by atoms with Crippen molar-refractivity contribution < 1.29 is 9.59 Å². The van der Waals surface area contributed by atoms with Crippen molar-refractivity contribution in [3.8, 4) is 0 Å². The van der Waals surface area contributed by atoms with Gasteiger partial charge in [-0.2, -0.15) is 33.7 Å². The van der Waals surface area contributed by atoms with Crippen molar-refractivity contribution in [2.45, 2.75) is 37.5 Å². The Morgan fingerprint density at radius 3 is 1.67 bits per heavy atom. The number of hydrogen-bond acceptors (Lipinski definition) is 8. The zero-order valence-corrected chi connectivity index (χ0v) is 18.8. The van der Waals surface area contributed by atoms with Crippen LogP contribution in [0.3, 0.4) is 0 Å². The number of carbonyl (C=O) groups is 2. The third-order valence-corrected chi connectivity index (χ3v) is 6.07. The van der Waals surface area contributed by atoms with Crippen molar-refractivity contribution in [3.05, 3.63) is 35.7 Å². The molecule has 0 aliphatic heterocycles. The summed E-state index contributed by atoms with van der Waals surface area (Å²) in [6.45, 7) is 0. The molecule has 2 aromatic rings. The van der Waals surface area contributed by atoms with E-state index in [1.165, 1.54) is 23.5 Å². The summed E-state index contributed by atoms with van der Waals surface area (Å²) in [6.07, 6.45) is 7.89. The van der Waals surface area contributed by atoms with Crippen LogP contribution in [0, 0.1) is 0 Å². The first-order valence-corrected chi connectivity index (χ1v) is 12.6. The third kappa shape index (κ3) is 6.40. The van der Waals surface area contributed by atoms with Crippen molar-refractivity contribution >= 4 is 47.0 Å². The van der Waals surface area contributed by atoms with Gasteiger partial charge in [0.05, 0.1) is 22.9 Å². The van der Waals surface area contributed by atoms with Crippen LogP contribution in [0.1, 0.15) is 48.9 Å². The summed E-state index contributed by atoms with van der Waals surface area (Å²) in [7, 11) is 0. The van der Waals surface area contributed by atoms with E-state index in [2.05, 4.69) is 31.0 Å². The molecule has 10 heteroatoms. The molecule has 2 amide bonds. The van der Waals surface area contributed by atoms with Gasteiger partial charge < -0.3 is 10.6 Å². The lowest BCUT2D eigenvalue weighted by atomic mass is 9.78. The molecule has 2 heterocycles. The highest BCUT2D eigenvalue weighted by molar-refractivity contribution is 7.99. The van der Waals surface area contributed by atoms with Crippen LogP contribution in [0.2, 0.25) is 0 Å². The minimum atomic E-state index is -0.0751. The van der Waals surface area contributed by atoms with E-state index in [9.17, 15) is 9.59 Å². The fourth-order valence-corrected chi connectivity index (χ4v) is 4.27. The molecule has 0 aromatic carbocycles. The Morgan fingerprint density at radius 1 is 0.833 bits per heavy atom. The van der Waals surface area contributed by atoms with Crippen LogP contribution < -0.4 is 10.6 Å². The van der Waals surface area contributed by atoms with Crippen LogP contribution in [0.5, 0.6) is 0 Å². The number of aromatic nitrogens is 4. The van der Waals surface area contributed by atoms with Crippen molar-refractivity contribution in [1.82, 2.24) is 20.4 Å². The molecule has 1 aliphatic carbocycles. The van der Waals surface area contributed by atoms with E-state index in [1.807, 2.05) is 36.8 Å². The maximum Gasteiger partial charge on any atom is 0.235 e. The molecule has 1 fully saturated rings. The number of nitrogens with one attached hydrogen (secondary N) is 2. The molecule has 8 nitrogen and oxygen atoms in total. The molecule has 2 N–H and O–H groups in total. The number of anilines is 2. The van der Waals surface area contributed by atoms with Gasteiger partial charge >= 0.3 is 0 Å². The number of nitrogens with zero attached hydrogens (tertiary/aromatic N) is 4. The van der Waals surface area contributed by atoms with Gasteiger partial charge in [0.1, 0.15) is 0 Å². The quantitative estimate of drug-likeness (QED) is 0.635. The first-order chi connectivity index (χ1) is 14.6. The summed E-state index contributed by atoms with van der Waals surface area (Å²) in [5, 5.41) is 22.5. The number of carbonyl (C=O) groups excluding carboxylic acids is 2. The van der Waals surface area contributed by atoms with Crippen LogP contribution in [0.4, 0.5) is 11.6 Å². The van der Waals surface area contributed by atoms with E-state index in [0.717, 1.165) is 37.1 Å². The van der Waals surface area contributed by atoms with E-state index in [1.54, 1.807) is 0 Å². The van der Waals surface area contributed by atoms with E-state index >= 15 is 0 Å². The Balaban J connectivity index is 1.59. The normalized spacial score (nSPS) is 18.6. The van der Waals surface area contributed by atoms with Gasteiger partial charge in [-0.05, 0) is 56.0 Å². The molecule has 0 radical (unpaired) electrons. The molecule has 30 heavy (non-hydrogen) atoms. The Labute approximate surface area is 184 Å². The topological polar surface area (TPSA) is 110 Å².